The third kappa shape index (κ3) is 7.90. The second-order valence-electron chi connectivity index (χ2n) is 25.3. The van der Waals surface area contributed by atoms with Crippen LogP contribution < -0.4 is 9.80 Å². The molecule has 6 heteroatoms. The fourth-order valence-corrected chi connectivity index (χ4v) is 16.3. The Morgan fingerprint density at radius 1 is 0.320 bits per heavy atom. The number of aromatic nitrogens is 2. The Balaban J connectivity index is 0.917. The molecule has 20 rings (SSSR count). The molecule has 14 aromatic carbocycles. The second kappa shape index (κ2) is 21.3. The largest absolute Gasteiger partial charge is 0.454 e. The molecule has 0 N–H and O–H groups in total. The fraction of sp³-hybridized carbons (Fsp3) is 0.0110. The summed E-state index contributed by atoms with van der Waals surface area (Å²) in [5, 5.41) is 12.6. The molecule has 0 bridgehead atoms. The maximum absolute atomic E-state index is 6.99. The molecule has 6 nitrogen and oxygen atoms in total. The van der Waals surface area contributed by atoms with Crippen LogP contribution in [0, 0.1) is 0 Å². The molecule has 0 fully saturated rings. The summed E-state index contributed by atoms with van der Waals surface area (Å²) in [5.74, 6) is 0.735. The van der Waals surface area contributed by atoms with Gasteiger partial charge in [-0.1, -0.05) is 255 Å². The van der Waals surface area contributed by atoms with E-state index in [9.17, 15) is 0 Å². The predicted octanol–water partition coefficient (Wildman–Crippen LogP) is 25.9. The molecule has 0 amide bonds. The van der Waals surface area contributed by atoms with Crippen molar-refractivity contribution < 1.29 is 8.83 Å². The quantitative estimate of drug-likeness (QED) is 0.122. The summed E-state index contributed by atoms with van der Waals surface area (Å²) in [5.41, 5.74) is 25.6. The lowest BCUT2D eigenvalue weighted by Gasteiger charge is -2.27. The zero-order chi connectivity index (χ0) is 64.0. The van der Waals surface area contributed by atoms with Crippen LogP contribution in [0.2, 0.25) is 0 Å². The molecular weight excluding hydrogens is 1180 g/mol. The van der Waals surface area contributed by atoms with Gasteiger partial charge in [0, 0.05) is 87.3 Å². The van der Waals surface area contributed by atoms with Gasteiger partial charge in [0.25, 0.3) is 0 Å². The van der Waals surface area contributed by atoms with Gasteiger partial charge in [-0.2, -0.15) is 0 Å². The van der Waals surface area contributed by atoms with Crippen molar-refractivity contribution >= 4 is 155 Å². The van der Waals surface area contributed by atoms with Crippen LogP contribution in [0.1, 0.15) is 18.2 Å². The van der Waals surface area contributed by atoms with Crippen LogP contribution in [0.15, 0.2) is 325 Å². The molecule has 0 saturated heterocycles. The summed E-state index contributed by atoms with van der Waals surface area (Å²) >= 11 is 0. The first-order valence-corrected chi connectivity index (χ1v) is 33.2. The molecule has 97 heavy (non-hydrogen) atoms. The van der Waals surface area contributed by atoms with Gasteiger partial charge in [-0.05, 0) is 113 Å². The smallest absolute Gasteiger partial charge is 0.159 e. The van der Waals surface area contributed by atoms with Crippen molar-refractivity contribution in [3.8, 4) is 44.5 Å². The zero-order valence-corrected chi connectivity index (χ0v) is 52.9. The third-order valence-corrected chi connectivity index (χ3v) is 20.2. The van der Waals surface area contributed by atoms with E-state index in [1.165, 1.54) is 54.6 Å². The molecular formula is C91H58N4O2. The maximum atomic E-state index is 6.99. The highest BCUT2D eigenvalue weighted by Gasteiger charge is 2.34. The number of benzene rings is 14. The number of rotatable bonds is 12. The first kappa shape index (κ1) is 54.6. The Bertz CT molecular complexity index is 6590. The molecule has 0 aliphatic heterocycles. The number of para-hydroxylation sites is 5. The number of hydrogen-bond acceptors (Lipinski definition) is 4. The van der Waals surface area contributed by atoms with E-state index in [0.717, 1.165) is 144 Å². The van der Waals surface area contributed by atoms with Crippen LogP contribution in [0.3, 0.4) is 0 Å². The van der Waals surface area contributed by atoms with Crippen molar-refractivity contribution in [1.29, 1.82) is 0 Å². The van der Waals surface area contributed by atoms with Gasteiger partial charge < -0.3 is 27.4 Å². The standard InChI is InChI=1S/C91H58N4O2/c1-3-27-64-66-41-23-51-76(90(66)96-78(64)4-2)92(62-38-19-36-60(54-62)56-28-9-5-10-29-56)72-47-25-49-74-82(72)68-43-21-45-70-84-81(59-34-15-8-16-35-59)89-85(80(58-32-13-7-14-33-58)88(84)94(74)86(68)70)71-46-22-44-69-83-73(48-26-50-75(83)95(89)87(69)71)93(63-39-20-37-61(55-63)57-30-11-6-12-31-57)77-52-24-42-67-65-40-17-18-53-79(65)97-91(67)77/h3-55H,2H2,1H3/b27-3-. The van der Waals surface area contributed by atoms with Crippen molar-refractivity contribution in [2.75, 3.05) is 9.80 Å². The summed E-state index contributed by atoms with van der Waals surface area (Å²) in [6.07, 6.45) is 6.02. The lowest BCUT2D eigenvalue weighted by atomic mass is 9.89. The van der Waals surface area contributed by atoms with E-state index in [0.29, 0.717) is 0 Å². The molecule has 6 heterocycles. The topological polar surface area (TPSA) is 41.6 Å². The number of furan rings is 2. The van der Waals surface area contributed by atoms with E-state index in [4.69, 9.17) is 8.83 Å². The van der Waals surface area contributed by atoms with Gasteiger partial charge in [-0.15, -0.1) is 0 Å². The highest BCUT2D eigenvalue weighted by atomic mass is 16.3. The van der Waals surface area contributed by atoms with Crippen LogP contribution in [0.25, 0.3) is 166 Å². The molecule has 454 valence electrons. The van der Waals surface area contributed by atoms with Crippen LogP contribution in [-0.4, -0.2) is 8.80 Å². The molecule has 20 aromatic rings. The molecule has 6 aromatic heterocycles. The summed E-state index contributed by atoms with van der Waals surface area (Å²) in [7, 11) is 0. The van der Waals surface area contributed by atoms with Crippen LogP contribution in [0.4, 0.5) is 34.1 Å². The molecule has 0 atom stereocenters. The van der Waals surface area contributed by atoms with E-state index in [1.54, 1.807) is 0 Å². The minimum Gasteiger partial charge on any atom is -0.454 e. The summed E-state index contributed by atoms with van der Waals surface area (Å²) in [6, 6.07) is 111. The molecule has 0 spiro atoms. The van der Waals surface area contributed by atoms with E-state index in [-0.39, 0.29) is 0 Å². The number of anilines is 6. The Kier molecular flexibility index (Phi) is 12.0. The van der Waals surface area contributed by atoms with Gasteiger partial charge in [0.15, 0.2) is 11.2 Å². The highest BCUT2D eigenvalue weighted by molar-refractivity contribution is 6.39. The van der Waals surface area contributed by atoms with Gasteiger partial charge in [-0.25, -0.2) is 0 Å². The Labute approximate surface area is 558 Å². The van der Waals surface area contributed by atoms with Gasteiger partial charge in [0.2, 0.25) is 0 Å². The average Bonchev–Trinajstić information content (AvgIpc) is 1.76. The van der Waals surface area contributed by atoms with Gasteiger partial charge >= 0.3 is 0 Å². The van der Waals surface area contributed by atoms with Crippen molar-refractivity contribution in [3.05, 3.63) is 327 Å². The van der Waals surface area contributed by atoms with Crippen molar-refractivity contribution in [1.82, 2.24) is 8.80 Å². The van der Waals surface area contributed by atoms with E-state index in [2.05, 4.69) is 341 Å². The first-order chi connectivity index (χ1) is 48.1. The van der Waals surface area contributed by atoms with E-state index < -0.39 is 0 Å². The van der Waals surface area contributed by atoms with Crippen molar-refractivity contribution in [2.24, 2.45) is 0 Å². The molecule has 0 unspecified atom stereocenters. The van der Waals surface area contributed by atoms with E-state index in [1.807, 2.05) is 13.0 Å². The SMILES string of the molecule is C=Cc1oc2c(N(c3cccc(-c4ccccc4)c3)c3cccc4c3c3cccc5c6c(-c7ccccc7)c7c(c(-c8ccccc8)c6n4c35)c3cccc4c5c(N(c6cccc(-c8ccccc8)c6)c6cccc8c6oc6ccccc68)cccc5n7c43)cccc2c1/C=C\C. The molecule has 0 saturated carbocycles. The zero-order valence-electron chi connectivity index (χ0n) is 52.9. The molecule has 0 radical (unpaired) electrons. The average molecular weight is 1240 g/mol. The maximum Gasteiger partial charge on any atom is 0.159 e. The minimum atomic E-state index is 0.735. The number of allylic oxidation sites excluding steroid dienone is 1. The Hall–Kier alpha value is -12.9. The predicted molar refractivity (Wildman–Crippen MR) is 409 cm³/mol. The minimum absolute atomic E-state index is 0.735. The first-order valence-electron chi connectivity index (χ1n) is 33.2. The van der Waals surface area contributed by atoms with Gasteiger partial charge in [0.05, 0.1) is 55.8 Å². The lowest BCUT2D eigenvalue weighted by molar-refractivity contribution is 0.604. The van der Waals surface area contributed by atoms with Gasteiger partial charge in [-0.3, -0.25) is 0 Å². The number of fused-ring (bicyclic) bond motifs is 16. The molecule has 0 aliphatic carbocycles. The number of hydrogen-bond donors (Lipinski definition) is 0. The fourth-order valence-electron chi connectivity index (χ4n) is 16.3. The highest BCUT2D eigenvalue weighted by Crippen LogP contribution is 2.57. The van der Waals surface area contributed by atoms with Crippen LogP contribution in [0.5, 0.6) is 0 Å². The normalized spacial score (nSPS) is 12.2. The van der Waals surface area contributed by atoms with Gasteiger partial charge in [0.1, 0.15) is 11.3 Å². The van der Waals surface area contributed by atoms with Crippen molar-refractivity contribution in [3.63, 3.8) is 0 Å². The monoisotopic (exact) mass is 1240 g/mol. The second-order valence-corrected chi connectivity index (χ2v) is 25.3. The summed E-state index contributed by atoms with van der Waals surface area (Å²) in [6.45, 7) is 6.28. The summed E-state index contributed by atoms with van der Waals surface area (Å²) < 4.78 is 19.2. The third-order valence-electron chi connectivity index (χ3n) is 20.2. The summed E-state index contributed by atoms with van der Waals surface area (Å²) in [4.78, 5) is 4.87. The molecule has 0 aliphatic rings. The van der Waals surface area contributed by atoms with Crippen LogP contribution in [-0.2, 0) is 0 Å². The lowest BCUT2D eigenvalue weighted by Crippen LogP contribution is -2.11. The Morgan fingerprint density at radius 3 is 1.20 bits per heavy atom. The number of nitrogens with zero attached hydrogens (tertiary/aromatic N) is 4. The van der Waals surface area contributed by atoms with Crippen molar-refractivity contribution in [2.45, 2.75) is 6.92 Å². The Morgan fingerprint density at radius 2 is 0.701 bits per heavy atom. The van der Waals surface area contributed by atoms with Crippen LogP contribution >= 0.6 is 0 Å². The van der Waals surface area contributed by atoms with E-state index >= 15 is 0 Å².